The fourth-order valence-corrected chi connectivity index (χ4v) is 2.95. The summed E-state index contributed by atoms with van der Waals surface area (Å²) >= 11 is 0. The van der Waals surface area contributed by atoms with Crippen LogP contribution in [0, 0.1) is 12.2 Å². The van der Waals surface area contributed by atoms with Gasteiger partial charge in [0.1, 0.15) is 0 Å². The van der Waals surface area contributed by atoms with Crippen LogP contribution in [0.5, 0.6) is 0 Å². The van der Waals surface area contributed by atoms with Crippen molar-refractivity contribution in [2.45, 2.75) is 25.7 Å². The molecule has 0 N–H and O–H groups in total. The van der Waals surface area contributed by atoms with Crippen molar-refractivity contribution in [2.75, 3.05) is 0 Å². The second kappa shape index (κ2) is 15.9. The summed E-state index contributed by atoms with van der Waals surface area (Å²) in [5.41, 5.74) is 5.12. The Morgan fingerprint density at radius 2 is 1.00 bits per heavy atom. The topological polar surface area (TPSA) is 0 Å². The molecular weight excluding hydrogens is 350 g/mol. The van der Waals surface area contributed by atoms with Crippen LogP contribution < -0.4 is 37.7 Å². The SMILES string of the molecule is [C-]1=C(CC=Cc2ccccc2)C=CC1.[C-]1=C(CC=Cc2ccccc2)C=CC1.[Li+].[Li+]. The summed E-state index contributed by atoms with van der Waals surface area (Å²) in [6, 6.07) is 20.7. The summed E-state index contributed by atoms with van der Waals surface area (Å²) in [4.78, 5) is 0. The van der Waals surface area contributed by atoms with E-state index in [-0.39, 0.29) is 37.7 Å². The van der Waals surface area contributed by atoms with E-state index in [0.717, 1.165) is 25.7 Å². The van der Waals surface area contributed by atoms with Crippen LogP contribution in [0.1, 0.15) is 36.8 Å². The van der Waals surface area contributed by atoms with E-state index in [9.17, 15) is 0 Å². The third kappa shape index (κ3) is 10.2. The number of hydrogen-bond donors (Lipinski definition) is 0. The zero-order chi connectivity index (χ0) is 19.3. The van der Waals surface area contributed by atoms with Gasteiger partial charge in [0.15, 0.2) is 0 Å². The van der Waals surface area contributed by atoms with Crippen molar-refractivity contribution >= 4 is 12.2 Å². The molecule has 2 aliphatic rings. The summed E-state index contributed by atoms with van der Waals surface area (Å²) in [6.45, 7) is 0. The zero-order valence-corrected chi connectivity index (χ0v) is 18.2. The van der Waals surface area contributed by atoms with Crippen LogP contribution in [-0.4, -0.2) is 0 Å². The van der Waals surface area contributed by atoms with E-state index in [1.807, 2.05) is 12.1 Å². The molecule has 0 atom stereocenters. The number of allylic oxidation sites excluding steroid dienone is 10. The fraction of sp³-hybridized carbons (Fsp3) is 0.143. The number of rotatable bonds is 6. The molecule has 2 heteroatoms. The zero-order valence-electron chi connectivity index (χ0n) is 18.2. The molecule has 2 aromatic rings. The minimum absolute atomic E-state index is 0. The van der Waals surface area contributed by atoms with E-state index in [4.69, 9.17) is 0 Å². The second-order valence-electron chi connectivity index (χ2n) is 6.65. The van der Waals surface area contributed by atoms with Crippen LogP contribution in [0.2, 0.25) is 0 Å². The minimum Gasteiger partial charge on any atom is -0.269 e. The Morgan fingerprint density at radius 3 is 1.33 bits per heavy atom. The standard InChI is InChI=1S/2C14H13.2Li/c2*1-2-7-13(8-3-1)11-6-12-14-9-4-5-10-14;;/h2*1-4,6-9,11H,5,12H2;;/q2*-1;2*+1. The van der Waals surface area contributed by atoms with E-state index >= 15 is 0 Å². The smallest absolute Gasteiger partial charge is 0.269 e. The van der Waals surface area contributed by atoms with Gasteiger partial charge < -0.3 is 0 Å². The van der Waals surface area contributed by atoms with Gasteiger partial charge in [-0.3, -0.25) is 12.2 Å². The van der Waals surface area contributed by atoms with Gasteiger partial charge in [-0.15, -0.1) is 12.8 Å². The largest absolute Gasteiger partial charge is 1.00 e. The molecule has 0 radical (unpaired) electrons. The van der Waals surface area contributed by atoms with E-state index in [2.05, 4.69) is 109 Å². The van der Waals surface area contributed by atoms with Crippen molar-refractivity contribution in [1.82, 2.24) is 0 Å². The fourth-order valence-electron chi connectivity index (χ4n) is 2.95. The van der Waals surface area contributed by atoms with Crippen LogP contribution in [0.3, 0.4) is 0 Å². The van der Waals surface area contributed by atoms with Crippen LogP contribution >= 0.6 is 0 Å². The molecule has 0 amide bonds. The second-order valence-corrected chi connectivity index (χ2v) is 6.65. The molecular formula is C28H26Li2. The third-order valence-corrected chi connectivity index (χ3v) is 4.43. The minimum atomic E-state index is 0. The van der Waals surface area contributed by atoms with Gasteiger partial charge in [0.25, 0.3) is 0 Å². The summed E-state index contributed by atoms with van der Waals surface area (Å²) < 4.78 is 0. The first-order chi connectivity index (χ1) is 13.9. The van der Waals surface area contributed by atoms with Crippen molar-refractivity contribution < 1.29 is 37.7 Å². The first kappa shape index (κ1) is 26.1. The quantitative estimate of drug-likeness (QED) is 0.530. The van der Waals surface area contributed by atoms with E-state index < -0.39 is 0 Å². The maximum atomic E-state index is 3.30. The Bertz CT molecular complexity index is 821. The first-order valence-corrected chi connectivity index (χ1v) is 9.86. The molecule has 140 valence electrons. The molecule has 0 nitrogen and oxygen atoms in total. The normalized spacial score (nSPS) is 14.0. The van der Waals surface area contributed by atoms with Crippen LogP contribution in [0.15, 0.2) is 108 Å². The van der Waals surface area contributed by atoms with Crippen molar-refractivity contribution in [3.8, 4) is 0 Å². The third-order valence-electron chi connectivity index (χ3n) is 4.43. The first-order valence-electron chi connectivity index (χ1n) is 9.86. The van der Waals surface area contributed by atoms with Crippen molar-refractivity contribution in [2.24, 2.45) is 0 Å². The monoisotopic (exact) mass is 376 g/mol. The van der Waals surface area contributed by atoms with E-state index in [1.54, 1.807) is 0 Å². The summed E-state index contributed by atoms with van der Waals surface area (Å²) in [6.07, 6.45) is 27.8. The predicted molar refractivity (Wildman–Crippen MR) is 121 cm³/mol. The molecule has 2 aliphatic carbocycles. The van der Waals surface area contributed by atoms with Crippen LogP contribution in [-0.2, 0) is 0 Å². The van der Waals surface area contributed by atoms with E-state index in [0.29, 0.717) is 0 Å². The van der Waals surface area contributed by atoms with Gasteiger partial charge in [-0.05, 0) is 24.0 Å². The molecule has 2 aromatic carbocycles. The average molecular weight is 376 g/mol. The Morgan fingerprint density at radius 1 is 0.600 bits per heavy atom. The molecule has 0 heterocycles. The van der Waals surface area contributed by atoms with Crippen molar-refractivity contribution in [1.29, 1.82) is 0 Å². The molecule has 0 saturated carbocycles. The van der Waals surface area contributed by atoms with Gasteiger partial charge in [-0.1, -0.05) is 85.0 Å². The maximum Gasteiger partial charge on any atom is 1.00 e. The Kier molecular flexibility index (Phi) is 13.8. The Hall–Kier alpha value is -1.93. The molecule has 0 aromatic heterocycles. The summed E-state index contributed by atoms with van der Waals surface area (Å²) in [7, 11) is 0. The van der Waals surface area contributed by atoms with Gasteiger partial charge in [0.05, 0.1) is 0 Å². The maximum absolute atomic E-state index is 3.30. The van der Waals surface area contributed by atoms with Gasteiger partial charge in [-0.25, -0.2) is 23.3 Å². The van der Waals surface area contributed by atoms with Gasteiger partial charge >= 0.3 is 37.7 Å². The van der Waals surface area contributed by atoms with Crippen LogP contribution in [0.4, 0.5) is 0 Å². The Labute approximate surface area is 206 Å². The molecule has 0 fully saturated rings. The van der Waals surface area contributed by atoms with Gasteiger partial charge in [0.2, 0.25) is 0 Å². The molecule has 0 spiro atoms. The molecule has 0 saturated heterocycles. The van der Waals surface area contributed by atoms with E-state index in [1.165, 1.54) is 22.3 Å². The number of hydrogen-bond acceptors (Lipinski definition) is 0. The van der Waals surface area contributed by atoms with Crippen molar-refractivity contribution in [3.63, 3.8) is 0 Å². The summed E-state index contributed by atoms with van der Waals surface area (Å²) in [5, 5.41) is 0. The molecule has 0 bridgehead atoms. The molecule has 30 heavy (non-hydrogen) atoms. The van der Waals surface area contributed by atoms with Gasteiger partial charge in [0, 0.05) is 0 Å². The Balaban J connectivity index is 0.000000281. The number of benzene rings is 2. The van der Waals surface area contributed by atoms with Gasteiger partial charge in [-0.2, -0.15) is 12.2 Å². The predicted octanol–water partition coefficient (Wildman–Crippen LogP) is 1.57. The molecule has 0 aliphatic heterocycles. The molecule has 4 rings (SSSR count). The molecule has 0 unspecified atom stereocenters. The summed E-state index contributed by atoms with van der Waals surface area (Å²) in [5.74, 6) is 0. The van der Waals surface area contributed by atoms with Crippen molar-refractivity contribution in [3.05, 3.63) is 132 Å². The van der Waals surface area contributed by atoms with Crippen LogP contribution in [0.25, 0.3) is 12.2 Å². The average Bonchev–Trinajstić information content (AvgIpc) is 3.45.